The van der Waals surface area contributed by atoms with E-state index in [2.05, 4.69) is 12.2 Å². The number of anilines is 2. The molecule has 2 fully saturated rings. The molecule has 0 saturated carbocycles. The van der Waals surface area contributed by atoms with Crippen LogP contribution in [0.5, 0.6) is 0 Å². The summed E-state index contributed by atoms with van der Waals surface area (Å²) in [4.78, 5) is 58.7. The van der Waals surface area contributed by atoms with Crippen molar-refractivity contribution in [2.24, 2.45) is 5.92 Å². The first-order chi connectivity index (χ1) is 23.6. The molecule has 0 radical (unpaired) electrons. The Hall–Kier alpha value is -4.99. The van der Waals surface area contributed by atoms with E-state index >= 15 is 4.39 Å². The molecule has 10 heteroatoms. The molecule has 49 heavy (non-hydrogen) atoms. The maximum Gasteiger partial charge on any atom is 0.261 e. The van der Waals surface area contributed by atoms with Gasteiger partial charge in [0.2, 0.25) is 11.3 Å². The first-order valence-corrected chi connectivity index (χ1v) is 17.3. The number of carbonyl (C=O) groups excluding carboxylic acids is 3. The van der Waals surface area contributed by atoms with Crippen molar-refractivity contribution in [1.82, 2.24) is 14.4 Å². The van der Waals surface area contributed by atoms with Crippen molar-refractivity contribution in [3.63, 3.8) is 0 Å². The molecule has 2 aliphatic rings. The molecular formula is C39H44FN5O4. The summed E-state index contributed by atoms with van der Waals surface area (Å²) in [5, 5.41) is 2.96. The Kier molecular flexibility index (Phi) is 10.1. The first kappa shape index (κ1) is 33.9. The lowest BCUT2D eigenvalue weighted by Gasteiger charge is -2.36. The average Bonchev–Trinajstić information content (AvgIpc) is 3.11. The SMILES string of the molecule is CCn1cc(C(=O)Nc2ccc(C(=O)N3CCCC(C)C3)cc2C)c(=O)c2cc(F)c(N3CCN(C(=O)CCc4ccccc4)CC3)cc21. The minimum Gasteiger partial charge on any atom is -0.366 e. The predicted molar refractivity (Wildman–Crippen MR) is 191 cm³/mol. The zero-order chi connectivity index (χ0) is 34.7. The summed E-state index contributed by atoms with van der Waals surface area (Å²) < 4.78 is 17.5. The highest BCUT2D eigenvalue weighted by atomic mass is 19.1. The van der Waals surface area contributed by atoms with Gasteiger partial charge in [-0.3, -0.25) is 19.2 Å². The number of aromatic nitrogens is 1. The highest BCUT2D eigenvalue weighted by Gasteiger charge is 2.26. The van der Waals surface area contributed by atoms with Gasteiger partial charge in [0.25, 0.3) is 11.8 Å². The third-order valence-electron chi connectivity index (χ3n) is 9.84. The summed E-state index contributed by atoms with van der Waals surface area (Å²) in [6.45, 7) is 9.69. The number of hydrogen-bond acceptors (Lipinski definition) is 5. The number of piperazine rings is 1. The molecule has 0 bridgehead atoms. The van der Waals surface area contributed by atoms with Gasteiger partial charge in [-0.05, 0) is 80.5 Å². The van der Waals surface area contributed by atoms with E-state index in [0.29, 0.717) is 79.5 Å². The summed E-state index contributed by atoms with van der Waals surface area (Å²) in [6.07, 6.45) is 4.73. The number of halogens is 1. The van der Waals surface area contributed by atoms with Gasteiger partial charge < -0.3 is 24.6 Å². The second-order valence-electron chi connectivity index (χ2n) is 13.3. The number of pyridine rings is 1. The Balaban J connectivity index is 1.16. The highest BCUT2D eigenvalue weighted by Crippen LogP contribution is 2.27. The fourth-order valence-corrected chi connectivity index (χ4v) is 7.00. The molecule has 0 aliphatic carbocycles. The zero-order valence-electron chi connectivity index (χ0n) is 28.5. The van der Waals surface area contributed by atoms with Crippen LogP contribution in [0.2, 0.25) is 0 Å². The van der Waals surface area contributed by atoms with Gasteiger partial charge in [-0.15, -0.1) is 0 Å². The molecule has 2 saturated heterocycles. The zero-order valence-corrected chi connectivity index (χ0v) is 28.5. The van der Waals surface area contributed by atoms with Crippen LogP contribution in [0.1, 0.15) is 65.0 Å². The van der Waals surface area contributed by atoms with E-state index in [4.69, 9.17) is 0 Å². The molecule has 1 atom stereocenters. The van der Waals surface area contributed by atoms with Crippen LogP contribution in [0.3, 0.4) is 0 Å². The Morgan fingerprint density at radius 1 is 0.939 bits per heavy atom. The van der Waals surface area contributed by atoms with Gasteiger partial charge in [0.05, 0.1) is 11.2 Å². The fourth-order valence-electron chi connectivity index (χ4n) is 7.00. The number of hydrogen-bond donors (Lipinski definition) is 1. The van der Waals surface area contributed by atoms with Gasteiger partial charge in [0.15, 0.2) is 0 Å². The topological polar surface area (TPSA) is 95.0 Å². The standard InChI is InChI=1S/C39H44FN5O4/c1-4-42-25-31(38(48)41-33-14-13-29(21-27(33)3)39(49)45-16-8-9-26(2)24-45)37(47)30-22-32(40)35(23-34(30)42)43-17-19-44(20-18-43)36(46)15-12-28-10-6-5-7-11-28/h5-7,10-11,13-14,21-23,25-26H,4,8-9,12,15-20,24H2,1-3H3,(H,41,48). The van der Waals surface area contributed by atoms with Crippen LogP contribution in [0, 0.1) is 18.7 Å². The molecule has 1 aromatic heterocycles. The van der Waals surface area contributed by atoms with Crippen molar-refractivity contribution in [1.29, 1.82) is 0 Å². The van der Waals surface area contributed by atoms with Crippen molar-refractivity contribution in [2.75, 3.05) is 49.5 Å². The van der Waals surface area contributed by atoms with Crippen molar-refractivity contribution in [3.05, 3.63) is 105 Å². The Bertz CT molecular complexity index is 1930. The summed E-state index contributed by atoms with van der Waals surface area (Å²) in [5.74, 6) is -0.621. The normalized spacial score (nSPS) is 16.6. The van der Waals surface area contributed by atoms with E-state index in [9.17, 15) is 19.2 Å². The number of rotatable bonds is 8. The highest BCUT2D eigenvalue weighted by molar-refractivity contribution is 6.06. The molecule has 6 rings (SSSR count). The number of aryl methyl sites for hydroxylation is 3. The van der Waals surface area contributed by atoms with Crippen LogP contribution in [-0.2, 0) is 17.8 Å². The van der Waals surface area contributed by atoms with Crippen LogP contribution < -0.4 is 15.6 Å². The number of fused-ring (bicyclic) bond motifs is 1. The fraction of sp³-hybridized carbons (Fsp3) is 0.385. The lowest BCUT2D eigenvalue weighted by molar-refractivity contribution is -0.131. The molecule has 3 amide bonds. The summed E-state index contributed by atoms with van der Waals surface area (Å²) >= 11 is 0. The Labute approximate surface area is 286 Å². The maximum absolute atomic E-state index is 15.7. The molecule has 0 spiro atoms. The molecule has 256 valence electrons. The van der Waals surface area contributed by atoms with Gasteiger partial charge in [-0.1, -0.05) is 37.3 Å². The van der Waals surface area contributed by atoms with E-state index in [-0.39, 0.29) is 22.8 Å². The number of amides is 3. The maximum atomic E-state index is 15.7. The third-order valence-corrected chi connectivity index (χ3v) is 9.84. The van der Waals surface area contributed by atoms with Gasteiger partial charge in [0.1, 0.15) is 11.4 Å². The van der Waals surface area contributed by atoms with Crippen molar-refractivity contribution >= 4 is 40.0 Å². The number of piperidine rings is 1. The lowest BCUT2D eigenvalue weighted by atomic mass is 9.99. The molecule has 2 aliphatic heterocycles. The molecular weight excluding hydrogens is 621 g/mol. The van der Waals surface area contributed by atoms with Crippen LogP contribution in [-0.4, -0.2) is 71.4 Å². The number of benzene rings is 3. The predicted octanol–water partition coefficient (Wildman–Crippen LogP) is 5.87. The van der Waals surface area contributed by atoms with E-state index < -0.39 is 17.2 Å². The van der Waals surface area contributed by atoms with Crippen LogP contribution in [0.15, 0.2) is 71.7 Å². The number of nitrogens with zero attached hydrogens (tertiary/aromatic N) is 4. The average molecular weight is 666 g/mol. The monoisotopic (exact) mass is 665 g/mol. The van der Waals surface area contributed by atoms with Gasteiger partial charge in [-0.25, -0.2) is 4.39 Å². The molecule has 3 heterocycles. The van der Waals surface area contributed by atoms with E-state index in [1.54, 1.807) is 28.8 Å². The molecule has 4 aromatic rings. The molecule has 9 nitrogen and oxygen atoms in total. The number of carbonyl (C=O) groups is 3. The third kappa shape index (κ3) is 7.38. The molecule has 1 N–H and O–H groups in total. The van der Waals surface area contributed by atoms with Crippen LogP contribution >= 0.6 is 0 Å². The minimum atomic E-state index is -0.598. The summed E-state index contributed by atoms with van der Waals surface area (Å²) in [6, 6.07) is 18.0. The van der Waals surface area contributed by atoms with Crippen molar-refractivity contribution < 1.29 is 18.8 Å². The Morgan fingerprint density at radius 3 is 2.39 bits per heavy atom. The minimum absolute atomic E-state index is 0.0245. The van der Waals surface area contributed by atoms with E-state index in [1.165, 1.54) is 12.3 Å². The summed E-state index contributed by atoms with van der Waals surface area (Å²) in [7, 11) is 0. The molecule has 1 unspecified atom stereocenters. The van der Waals surface area contributed by atoms with Crippen LogP contribution in [0.25, 0.3) is 10.9 Å². The van der Waals surface area contributed by atoms with Crippen LogP contribution in [0.4, 0.5) is 15.8 Å². The second kappa shape index (κ2) is 14.6. The Morgan fingerprint density at radius 2 is 1.69 bits per heavy atom. The largest absolute Gasteiger partial charge is 0.366 e. The lowest BCUT2D eigenvalue weighted by Crippen LogP contribution is -2.49. The number of likely N-dealkylation sites (tertiary alicyclic amines) is 1. The molecule has 3 aromatic carbocycles. The first-order valence-electron chi connectivity index (χ1n) is 17.3. The number of nitrogens with one attached hydrogen (secondary N) is 1. The van der Waals surface area contributed by atoms with Gasteiger partial charge in [0, 0.05) is 75.1 Å². The van der Waals surface area contributed by atoms with Crippen molar-refractivity contribution in [2.45, 2.75) is 53.0 Å². The van der Waals surface area contributed by atoms with Gasteiger partial charge >= 0.3 is 0 Å². The summed E-state index contributed by atoms with van der Waals surface area (Å²) in [5.41, 5.74) is 3.14. The van der Waals surface area contributed by atoms with E-state index in [1.807, 2.05) is 58.9 Å². The van der Waals surface area contributed by atoms with Gasteiger partial charge in [-0.2, -0.15) is 0 Å². The van der Waals surface area contributed by atoms with E-state index in [0.717, 1.165) is 31.5 Å². The smallest absolute Gasteiger partial charge is 0.261 e. The second-order valence-corrected chi connectivity index (χ2v) is 13.3. The van der Waals surface area contributed by atoms with Crippen molar-refractivity contribution in [3.8, 4) is 0 Å². The quantitative estimate of drug-likeness (QED) is 0.254.